The first-order valence-electron chi connectivity index (χ1n) is 6.28. The highest BCUT2D eigenvalue weighted by Gasteiger charge is 2.18. The topological polar surface area (TPSA) is 64.3 Å². The fraction of sp³-hybridized carbons (Fsp3) is 0.385. The third-order valence-corrected chi connectivity index (χ3v) is 3.64. The predicted molar refractivity (Wildman–Crippen MR) is 78.7 cm³/mol. The Kier molecular flexibility index (Phi) is 4.57. The second-order valence-corrected chi connectivity index (χ2v) is 4.76. The normalized spacial score (nSPS) is 10.4. The lowest BCUT2D eigenvalue weighted by molar-refractivity contribution is 0.343. The van der Waals surface area contributed by atoms with Crippen molar-refractivity contribution in [3.8, 4) is 5.75 Å². The van der Waals surface area contributed by atoms with Crippen LogP contribution in [-0.4, -0.2) is 22.5 Å². The first-order valence-corrected chi connectivity index (χ1v) is 7.05. The summed E-state index contributed by atoms with van der Waals surface area (Å²) in [6, 6.07) is 4.01. The SMILES string of the molecule is CCOc1c(N)nsc1N(CC)Cc1ccncc1. The summed E-state index contributed by atoms with van der Waals surface area (Å²) in [6.07, 6.45) is 3.60. The second kappa shape index (κ2) is 6.38. The van der Waals surface area contributed by atoms with E-state index in [1.165, 1.54) is 17.1 Å². The summed E-state index contributed by atoms with van der Waals surface area (Å²) >= 11 is 1.38. The zero-order chi connectivity index (χ0) is 13.7. The smallest absolute Gasteiger partial charge is 0.197 e. The average Bonchev–Trinajstić information content (AvgIpc) is 2.79. The number of anilines is 2. The molecule has 2 aromatic rings. The van der Waals surface area contributed by atoms with Gasteiger partial charge in [0.2, 0.25) is 0 Å². The van der Waals surface area contributed by atoms with Crippen molar-refractivity contribution in [1.82, 2.24) is 9.36 Å². The van der Waals surface area contributed by atoms with E-state index < -0.39 is 0 Å². The number of hydrogen-bond donors (Lipinski definition) is 1. The molecular formula is C13H18N4OS. The van der Waals surface area contributed by atoms with Crippen LogP contribution in [0.1, 0.15) is 19.4 Å². The molecule has 0 spiro atoms. The summed E-state index contributed by atoms with van der Waals surface area (Å²) in [7, 11) is 0. The fourth-order valence-corrected chi connectivity index (χ4v) is 2.63. The Morgan fingerprint density at radius 1 is 1.32 bits per heavy atom. The van der Waals surface area contributed by atoms with Crippen LogP contribution >= 0.6 is 11.5 Å². The Bertz CT molecular complexity index is 515. The Balaban J connectivity index is 2.22. The molecule has 0 aliphatic heterocycles. The summed E-state index contributed by atoms with van der Waals surface area (Å²) in [5.74, 6) is 1.17. The molecule has 0 radical (unpaired) electrons. The van der Waals surface area contributed by atoms with Crippen molar-refractivity contribution >= 4 is 22.4 Å². The van der Waals surface area contributed by atoms with Gasteiger partial charge in [-0.05, 0) is 43.1 Å². The highest BCUT2D eigenvalue weighted by Crippen LogP contribution is 2.38. The minimum Gasteiger partial charge on any atom is -0.487 e. The number of ether oxygens (including phenoxy) is 1. The molecule has 0 bridgehead atoms. The highest BCUT2D eigenvalue weighted by molar-refractivity contribution is 7.11. The van der Waals surface area contributed by atoms with Crippen molar-refractivity contribution in [2.24, 2.45) is 0 Å². The lowest BCUT2D eigenvalue weighted by Crippen LogP contribution is -2.21. The van der Waals surface area contributed by atoms with Crippen molar-refractivity contribution in [2.45, 2.75) is 20.4 Å². The Hall–Kier alpha value is -1.82. The maximum atomic E-state index is 5.85. The lowest BCUT2D eigenvalue weighted by Gasteiger charge is -2.22. The molecule has 0 aliphatic carbocycles. The van der Waals surface area contributed by atoms with Crippen molar-refractivity contribution in [3.05, 3.63) is 30.1 Å². The molecule has 19 heavy (non-hydrogen) atoms. The summed E-state index contributed by atoms with van der Waals surface area (Å²) in [4.78, 5) is 6.23. The van der Waals surface area contributed by atoms with Gasteiger partial charge in [0, 0.05) is 25.5 Å². The van der Waals surface area contributed by atoms with Crippen LogP contribution in [0.15, 0.2) is 24.5 Å². The van der Waals surface area contributed by atoms with Crippen molar-refractivity contribution in [1.29, 1.82) is 0 Å². The first-order chi connectivity index (χ1) is 9.26. The molecule has 102 valence electrons. The molecule has 2 heterocycles. The third-order valence-electron chi connectivity index (χ3n) is 2.74. The van der Waals surface area contributed by atoms with Gasteiger partial charge in [0.15, 0.2) is 16.6 Å². The van der Waals surface area contributed by atoms with Crippen LogP contribution in [0, 0.1) is 0 Å². The molecular weight excluding hydrogens is 260 g/mol. The van der Waals surface area contributed by atoms with Gasteiger partial charge in [-0.3, -0.25) is 4.98 Å². The van der Waals surface area contributed by atoms with E-state index >= 15 is 0 Å². The Morgan fingerprint density at radius 2 is 2.05 bits per heavy atom. The van der Waals surface area contributed by atoms with E-state index in [1.54, 1.807) is 12.4 Å². The average molecular weight is 278 g/mol. The molecule has 6 heteroatoms. The van der Waals surface area contributed by atoms with Gasteiger partial charge in [0.05, 0.1) is 6.61 Å². The fourth-order valence-electron chi connectivity index (χ4n) is 1.80. The third kappa shape index (κ3) is 3.14. The van der Waals surface area contributed by atoms with Crippen molar-refractivity contribution in [3.63, 3.8) is 0 Å². The summed E-state index contributed by atoms with van der Waals surface area (Å²) in [6.45, 7) is 6.29. The van der Waals surface area contributed by atoms with Gasteiger partial charge >= 0.3 is 0 Å². The monoisotopic (exact) mass is 278 g/mol. The Labute approximate surface area is 117 Å². The van der Waals surface area contributed by atoms with Crippen molar-refractivity contribution < 1.29 is 4.74 Å². The molecule has 0 saturated carbocycles. The minimum atomic E-state index is 0.468. The van der Waals surface area contributed by atoms with Gasteiger partial charge in [0.25, 0.3) is 0 Å². The molecule has 0 saturated heterocycles. The number of pyridine rings is 1. The molecule has 5 nitrogen and oxygen atoms in total. The van der Waals surface area contributed by atoms with Crippen molar-refractivity contribution in [2.75, 3.05) is 23.8 Å². The quantitative estimate of drug-likeness (QED) is 0.879. The number of aromatic nitrogens is 2. The number of rotatable bonds is 6. The molecule has 0 fully saturated rings. The molecule has 0 aromatic carbocycles. The first kappa shape index (κ1) is 13.6. The number of nitrogen functional groups attached to an aromatic ring is 1. The van der Waals surface area contributed by atoms with Gasteiger partial charge < -0.3 is 15.4 Å². The van der Waals surface area contributed by atoms with Gasteiger partial charge in [0.1, 0.15) is 0 Å². The molecule has 0 unspecified atom stereocenters. The van der Waals surface area contributed by atoms with Crippen LogP contribution in [0.5, 0.6) is 5.75 Å². The van der Waals surface area contributed by atoms with Crippen LogP contribution in [0.2, 0.25) is 0 Å². The highest BCUT2D eigenvalue weighted by atomic mass is 32.1. The number of nitrogens with two attached hydrogens (primary N) is 1. The van der Waals surface area contributed by atoms with Crippen LogP contribution in [0.4, 0.5) is 10.8 Å². The van der Waals surface area contributed by atoms with Gasteiger partial charge in [-0.2, -0.15) is 4.37 Å². The van der Waals surface area contributed by atoms with E-state index in [-0.39, 0.29) is 0 Å². The van der Waals surface area contributed by atoms with E-state index in [1.807, 2.05) is 19.1 Å². The zero-order valence-electron chi connectivity index (χ0n) is 11.2. The lowest BCUT2D eigenvalue weighted by atomic mass is 10.2. The van der Waals surface area contributed by atoms with E-state index in [9.17, 15) is 0 Å². The second-order valence-electron chi connectivity index (χ2n) is 4.00. The summed E-state index contributed by atoms with van der Waals surface area (Å²) in [5.41, 5.74) is 7.05. The molecule has 0 amide bonds. The predicted octanol–water partition coefficient (Wildman–Crippen LogP) is 2.55. The maximum absolute atomic E-state index is 5.85. The standard InChI is InChI=1S/C13H18N4OS/c1-3-17(9-10-5-7-15-8-6-10)13-11(18-4-2)12(14)16-19-13/h5-8H,3-4,9H2,1-2H3,(H2,14,16). The van der Waals surface area contributed by atoms with E-state index in [4.69, 9.17) is 10.5 Å². The van der Waals surface area contributed by atoms with Crippen LogP contribution in [0.25, 0.3) is 0 Å². The minimum absolute atomic E-state index is 0.468. The maximum Gasteiger partial charge on any atom is 0.197 e. The van der Waals surface area contributed by atoms with E-state index in [2.05, 4.69) is 21.2 Å². The Morgan fingerprint density at radius 3 is 2.68 bits per heavy atom. The van der Waals surface area contributed by atoms with Gasteiger partial charge in [-0.1, -0.05) is 0 Å². The summed E-state index contributed by atoms with van der Waals surface area (Å²) in [5, 5.41) is 0.985. The van der Waals surface area contributed by atoms with Crippen LogP contribution < -0.4 is 15.4 Å². The van der Waals surface area contributed by atoms with E-state index in [0.717, 1.165) is 18.1 Å². The molecule has 2 N–H and O–H groups in total. The van der Waals surface area contributed by atoms with E-state index in [0.29, 0.717) is 18.2 Å². The molecule has 2 aromatic heterocycles. The van der Waals surface area contributed by atoms with Crippen LogP contribution in [0.3, 0.4) is 0 Å². The number of nitrogens with zero attached hydrogens (tertiary/aromatic N) is 3. The molecule has 0 atom stereocenters. The zero-order valence-corrected chi connectivity index (χ0v) is 12.0. The van der Waals surface area contributed by atoms with Gasteiger partial charge in [-0.15, -0.1) is 0 Å². The molecule has 0 aliphatic rings. The van der Waals surface area contributed by atoms with Gasteiger partial charge in [-0.25, -0.2) is 0 Å². The largest absolute Gasteiger partial charge is 0.487 e. The molecule has 2 rings (SSSR count). The summed E-state index contributed by atoms with van der Waals surface area (Å²) < 4.78 is 9.78. The van der Waals surface area contributed by atoms with Crippen LogP contribution in [-0.2, 0) is 6.54 Å². The number of hydrogen-bond acceptors (Lipinski definition) is 6.